The molecule has 1 aromatic carbocycles. The SMILES string of the molecule is CN(C(=O)C1CC2CCC1C[C@@]21NC(=O)c2ccccc2N1)C1CCCCC1. The zero-order valence-electron chi connectivity index (χ0n) is 16.7. The van der Waals surface area contributed by atoms with Gasteiger partial charge in [0, 0.05) is 30.6 Å². The molecule has 0 saturated heterocycles. The Bertz CT molecular complexity index is 788. The summed E-state index contributed by atoms with van der Waals surface area (Å²) in [5.74, 6) is 1.14. The monoisotopic (exact) mass is 381 g/mol. The minimum atomic E-state index is -0.380. The quantitative estimate of drug-likeness (QED) is 0.820. The zero-order valence-corrected chi connectivity index (χ0v) is 16.7. The smallest absolute Gasteiger partial charge is 0.255 e. The van der Waals surface area contributed by atoms with Gasteiger partial charge in [-0.05, 0) is 56.6 Å². The van der Waals surface area contributed by atoms with Gasteiger partial charge in [-0.1, -0.05) is 31.4 Å². The standard InChI is InChI=1S/C23H31N3O2/c1-26(17-7-3-2-4-8-17)22(28)19-13-16-12-11-15(19)14-23(16)24-20-10-6-5-9-18(20)21(27)25-23/h5-6,9-10,15-17,19,24H,2-4,7-8,11-14H2,1H3,(H,25,27)/t15?,16?,19?,23-/m1/s1. The lowest BCUT2D eigenvalue weighted by atomic mass is 9.58. The molecule has 1 heterocycles. The number of para-hydroxylation sites is 1. The molecule has 1 aliphatic heterocycles. The maximum atomic E-state index is 13.3. The second kappa shape index (κ2) is 6.78. The average Bonchev–Trinajstić information content (AvgIpc) is 2.73. The Hall–Kier alpha value is -2.04. The highest BCUT2D eigenvalue weighted by Crippen LogP contribution is 2.52. The molecule has 0 radical (unpaired) electrons. The third kappa shape index (κ3) is 2.82. The number of amides is 2. The van der Waals surface area contributed by atoms with Gasteiger partial charge in [-0.15, -0.1) is 0 Å². The van der Waals surface area contributed by atoms with Crippen LogP contribution in [0.15, 0.2) is 24.3 Å². The minimum absolute atomic E-state index is 0.0177. The van der Waals surface area contributed by atoms with Crippen molar-refractivity contribution >= 4 is 17.5 Å². The van der Waals surface area contributed by atoms with Gasteiger partial charge in [0.2, 0.25) is 5.91 Å². The van der Waals surface area contributed by atoms with E-state index in [1.807, 2.05) is 31.3 Å². The summed E-state index contributed by atoms with van der Waals surface area (Å²) < 4.78 is 0. The fourth-order valence-electron chi connectivity index (χ4n) is 6.36. The fourth-order valence-corrected chi connectivity index (χ4v) is 6.36. The van der Waals surface area contributed by atoms with Gasteiger partial charge < -0.3 is 15.5 Å². The number of carbonyl (C=O) groups excluding carboxylic acids is 2. The van der Waals surface area contributed by atoms with Crippen molar-refractivity contribution < 1.29 is 9.59 Å². The molecule has 4 aliphatic carbocycles. The molecule has 1 aromatic rings. The highest BCUT2D eigenvalue weighted by Gasteiger charge is 2.55. The summed E-state index contributed by atoms with van der Waals surface area (Å²) >= 11 is 0. The molecule has 5 heteroatoms. The lowest BCUT2D eigenvalue weighted by molar-refractivity contribution is -0.144. The van der Waals surface area contributed by atoms with E-state index < -0.39 is 0 Å². The van der Waals surface area contributed by atoms with Crippen molar-refractivity contribution in [2.75, 3.05) is 12.4 Å². The van der Waals surface area contributed by atoms with Crippen LogP contribution in [0.5, 0.6) is 0 Å². The van der Waals surface area contributed by atoms with E-state index in [0.717, 1.165) is 49.8 Å². The van der Waals surface area contributed by atoms with E-state index in [9.17, 15) is 9.59 Å². The Morgan fingerprint density at radius 1 is 1.07 bits per heavy atom. The topological polar surface area (TPSA) is 61.4 Å². The van der Waals surface area contributed by atoms with Crippen LogP contribution in [0.25, 0.3) is 0 Å². The van der Waals surface area contributed by atoms with Gasteiger partial charge in [0.25, 0.3) is 5.91 Å². The molecule has 0 aromatic heterocycles. The Kier molecular flexibility index (Phi) is 4.37. The van der Waals surface area contributed by atoms with Crippen molar-refractivity contribution in [1.82, 2.24) is 10.2 Å². The van der Waals surface area contributed by atoms with Crippen LogP contribution in [0.2, 0.25) is 0 Å². The van der Waals surface area contributed by atoms with Crippen LogP contribution < -0.4 is 10.6 Å². The lowest BCUT2D eigenvalue weighted by Gasteiger charge is -2.57. The van der Waals surface area contributed by atoms with Crippen LogP contribution >= 0.6 is 0 Å². The summed E-state index contributed by atoms with van der Waals surface area (Å²) in [5, 5.41) is 6.97. The van der Waals surface area contributed by atoms with E-state index in [0.29, 0.717) is 23.8 Å². The van der Waals surface area contributed by atoms with Gasteiger partial charge in [0.1, 0.15) is 5.66 Å². The van der Waals surface area contributed by atoms with Crippen LogP contribution in [0.1, 0.15) is 68.1 Å². The molecule has 2 amide bonds. The normalized spacial score (nSPS) is 34.5. The molecule has 150 valence electrons. The number of carbonyl (C=O) groups is 2. The second-order valence-corrected chi connectivity index (χ2v) is 9.42. The maximum Gasteiger partial charge on any atom is 0.255 e. The van der Waals surface area contributed by atoms with Crippen LogP contribution in [0, 0.1) is 17.8 Å². The van der Waals surface area contributed by atoms with E-state index >= 15 is 0 Å². The molecule has 28 heavy (non-hydrogen) atoms. The molecular weight excluding hydrogens is 350 g/mol. The van der Waals surface area contributed by atoms with Crippen molar-refractivity contribution in [3.8, 4) is 0 Å². The van der Waals surface area contributed by atoms with E-state index in [1.54, 1.807) is 0 Å². The fraction of sp³-hybridized carbons (Fsp3) is 0.652. The number of hydrogen-bond donors (Lipinski definition) is 2. The zero-order chi connectivity index (χ0) is 19.3. The van der Waals surface area contributed by atoms with Crippen LogP contribution in [0.3, 0.4) is 0 Å². The predicted octanol–water partition coefficient (Wildman–Crippen LogP) is 3.77. The van der Waals surface area contributed by atoms with Crippen molar-refractivity contribution in [3.05, 3.63) is 29.8 Å². The largest absolute Gasteiger partial charge is 0.362 e. The first kappa shape index (κ1) is 18.0. The number of anilines is 1. The van der Waals surface area contributed by atoms with E-state index in [-0.39, 0.29) is 17.5 Å². The molecule has 4 saturated carbocycles. The molecule has 4 fully saturated rings. The number of rotatable bonds is 2. The number of fused-ring (bicyclic) bond motifs is 3. The Morgan fingerprint density at radius 2 is 1.86 bits per heavy atom. The Labute approximate surface area is 167 Å². The first-order valence-corrected chi connectivity index (χ1v) is 11.0. The van der Waals surface area contributed by atoms with E-state index in [1.165, 1.54) is 19.3 Å². The number of nitrogens with zero attached hydrogens (tertiary/aromatic N) is 1. The van der Waals surface area contributed by atoms with Gasteiger partial charge >= 0.3 is 0 Å². The van der Waals surface area contributed by atoms with Gasteiger partial charge in [-0.2, -0.15) is 0 Å². The molecule has 4 atom stereocenters. The van der Waals surface area contributed by atoms with Crippen LogP contribution in [0.4, 0.5) is 5.69 Å². The molecule has 1 spiro atoms. The molecular formula is C23H31N3O2. The van der Waals surface area contributed by atoms with E-state index in [2.05, 4.69) is 15.5 Å². The molecule has 2 N–H and O–H groups in total. The second-order valence-electron chi connectivity index (χ2n) is 9.42. The minimum Gasteiger partial charge on any atom is -0.362 e. The van der Waals surface area contributed by atoms with Gasteiger partial charge in [0.15, 0.2) is 0 Å². The summed E-state index contributed by atoms with van der Waals surface area (Å²) in [6, 6.07) is 8.18. The molecule has 5 aliphatic rings. The first-order valence-electron chi connectivity index (χ1n) is 11.0. The maximum absolute atomic E-state index is 13.3. The number of hydrogen-bond acceptors (Lipinski definition) is 3. The highest BCUT2D eigenvalue weighted by molar-refractivity contribution is 6.02. The summed E-state index contributed by atoms with van der Waals surface area (Å²) in [6.07, 6.45) is 10.0. The summed E-state index contributed by atoms with van der Waals surface area (Å²) in [5.41, 5.74) is 1.27. The van der Waals surface area contributed by atoms with Crippen molar-refractivity contribution in [2.24, 2.45) is 17.8 Å². The van der Waals surface area contributed by atoms with Crippen molar-refractivity contribution in [1.29, 1.82) is 0 Å². The number of benzene rings is 1. The van der Waals surface area contributed by atoms with Crippen LogP contribution in [-0.4, -0.2) is 35.5 Å². The van der Waals surface area contributed by atoms with E-state index in [4.69, 9.17) is 0 Å². The van der Waals surface area contributed by atoms with Crippen molar-refractivity contribution in [3.63, 3.8) is 0 Å². The Morgan fingerprint density at radius 3 is 2.61 bits per heavy atom. The summed E-state index contributed by atoms with van der Waals surface area (Å²) in [4.78, 5) is 28.1. The lowest BCUT2D eigenvalue weighted by Crippen LogP contribution is -2.68. The van der Waals surface area contributed by atoms with Gasteiger partial charge in [0.05, 0.1) is 5.56 Å². The number of nitrogens with one attached hydrogen (secondary N) is 2. The molecule has 2 bridgehead atoms. The summed E-state index contributed by atoms with van der Waals surface area (Å²) in [7, 11) is 2.02. The average molecular weight is 382 g/mol. The molecule has 3 unspecified atom stereocenters. The Balaban J connectivity index is 1.34. The van der Waals surface area contributed by atoms with Gasteiger partial charge in [-0.25, -0.2) is 0 Å². The third-order valence-corrected chi connectivity index (χ3v) is 7.93. The molecule has 6 rings (SSSR count). The van der Waals surface area contributed by atoms with Crippen LogP contribution in [-0.2, 0) is 4.79 Å². The van der Waals surface area contributed by atoms with Gasteiger partial charge in [-0.3, -0.25) is 9.59 Å². The predicted molar refractivity (Wildman–Crippen MR) is 109 cm³/mol. The van der Waals surface area contributed by atoms with Crippen molar-refractivity contribution in [2.45, 2.75) is 69.5 Å². The molecule has 5 nitrogen and oxygen atoms in total. The third-order valence-electron chi connectivity index (χ3n) is 7.93. The first-order chi connectivity index (χ1) is 13.6. The highest BCUT2D eigenvalue weighted by atomic mass is 16.2. The summed E-state index contributed by atoms with van der Waals surface area (Å²) in [6.45, 7) is 0.